The molecule has 7 heteroatoms. The molecule has 174 valence electrons. The Bertz CT molecular complexity index is 1200. The summed E-state index contributed by atoms with van der Waals surface area (Å²) < 4.78 is 3.17. The van der Waals surface area contributed by atoms with Gasteiger partial charge in [-0.2, -0.15) is 0 Å². The zero-order chi connectivity index (χ0) is 23.1. The molecule has 2 aromatic heterocycles. The Morgan fingerprint density at radius 2 is 1.91 bits per heavy atom. The Morgan fingerprint density at radius 1 is 1.15 bits per heavy atom. The number of rotatable bonds is 5. The van der Waals surface area contributed by atoms with Gasteiger partial charge in [0, 0.05) is 25.2 Å². The van der Waals surface area contributed by atoms with Crippen molar-refractivity contribution < 1.29 is 14.7 Å². The Labute approximate surface area is 198 Å². The number of hydrogen-bond acceptors (Lipinski definition) is 4. The van der Waals surface area contributed by atoms with Crippen LogP contribution in [0.5, 0.6) is 0 Å². The van der Waals surface area contributed by atoms with E-state index in [-0.39, 0.29) is 12.5 Å². The van der Waals surface area contributed by atoms with E-state index >= 15 is 0 Å². The van der Waals surface area contributed by atoms with E-state index in [1.165, 1.54) is 41.7 Å². The standard InChI is InChI=1S/C26H31N3O3S/c1-27(2)12-13-28-15-18-10-6-7-11-19(18)24-23(17-8-4-3-5-9-17)25-20(29(24)16-22(28)30)14-21(33-25)26(31)32/h6-7,10-11,14,17H,3-5,8-9,12-13,15-16H2,1-2H3,(H,31,32). The van der Waals surface area contributed by atoms with Crippen molar-refractivity contribution in [3.63, 3.8) is 0 Å². The SMILES string of the molecule is CN(C)CCN1Cc2ccccc2-c2c(C3CCCCC3)c3sc(C(=O)O)cc3n2CC1=O. The van der Waals surface area contributed by atoms with Crippen LogP contribution in [0.15, 0.2) is 30.3 Å². The molecule has 1 amide bonds. The fourth-order valence-electron chi connectivity index (χ4n) is 5.42. The molecule has 1 fully saturated rings. The van der Waals surface area contributed by atoms with E-state index in [0.717, 1.165) is 40.9 Å². The summed E-state index contributed by atoms with van der Waals surface area (Å²) in [6.45, 7) is 2.32. The number of aromatic nitrogens is 1. The first-order valence-electron chi connectivity index (χ1n) is 11.8. The molecule has 6 nitrogen and oxygen atoms in total. The lowest BCUT2D eigenvalue weighted by atomic mass is 9.82. The largest absolute Gasteiger partial charge is 0.477 e. The summed E-state index contributed by atoms with van der Waals surface area (Å²) in [7, 11) is 4.04. The van der Waals surface area contributed by atoms with Crippen molar-refractivity contribution in [2.75, 3.05) is 27.2 Å². The lowest BCUT2D eigenvalue weighted by Gasteiger charge is -2.30. The average Bonchev–Trinajstić information content (AvgIpc) is 3.34. The number of likely N-dealkylation sites (N-methyl/N-ethyl adjacent to an activating group) is 1. The summed E-state index contributed by atoms with van der Waals surface area (Å²) in [5.74, 6) is -0.404. The maximum absolute atomic E-state index is 13.5. The van der Waals surface area contributed by atoms with Gasteiger partial charge in [-0.15, -0.1) is 11.3 Å². The molecule has 0 unspecified atom stereocenters. The lowest BCUT2D eigenvalue weighted by Crippen LogP contribution is -2.39. The fourth-order valence-corrected chi connectivity index (χ4v) is 6.55. The highest BCUT2D eigenvalue weighted by Crippen LogP contribution is 2.47. The van der Waals surface area contributed by atoms with E-state index in [1.807, 2.05) is 25.1 Å². The first-order valence-corrected chi connectivity index (χ1v) is 12.7. The lowest BCUT2D eigenvalue weighted by molar-refractivity contribution is -0.132. The number of carbonyl (C=O) groups excluding carboxylic acids is 1. The van der Waals surface area contributed by atoms with Crippen molar-refractivity contribution in [3.8, 4) is 11.3 Å². The molecule has 3 aromatic rings. The Balaban J connectivity index is 1.73. The van der Waals surface area contributed by atoms with Crippen LogP contribution in [0.1, 0.15) is 58.8 Å². The number of fused-ring (bicyclic) bond motifs is 5. The molecule has 3 heterocycles. The third kappa shape index (κ3) is 4.08. The van der Waals surface area contributed by atoms with E-state index in [2.05, 4.69) is 27.7 Å². The number of nitrogens with zero attached hydrogens (tertiary/aromatic N) is 3. The maximum Gasteiger partial charge on any atom is 0.345 e. The van der Waals surface area contributed by atoms with Gasteiger partial charge in [0.1, 0.15) is 11.4 Å². The number of amides is 1. The van der Waals surface area contributed by atoms with Gasteiger partial charge in [-0.25, -0.2) is 4.79 Å². The smallest absolute Gasteiger partial charge is 0.345 e. The molecule has 5 rings (SSSR count). The van der Waals surface area contributed by atoms with Gasteiger partial charge in [0.25, 0.3) is 0 Å². The highest BCUT2D eigenvalue weighted by Gasteiger charge is 2.32. The first kappa shape index (κ1) is 22.2. The molecule has 1 aliphatic carbocycles. The van der Waals surface area contributed by atoms with E-state index < -0.39 is 5.97 Å². The number of carboxylic acids is 1. The van der Waals surface area contributed by atoms with E-state index in [9.17, 15) is 14.7 Å². The summed E-state index contributed by atoms with van der Waals surface area (Å²) >= 11 is 1.37. The molecule has 1 N–H and O–H groups in total. The van der Waals surface area contributed by atoms with Crippen molar-refractivity contribution in [1.29, 1.82) is 0 Å². The molecule has 0 bridgehead atoms. The maximum atomic E-state index is 13.5. The molecule has 1 aliphatic heterocycles. The van der Waals surface area contributed by atoms with Crippen molar-refractivity contribution in [2.45, 2.75) is 51.1 Å². The number of hydrogen-bond donors (Lipinski definition) is 1. The van der Waals surface area contributed by atoms with Gasteiger partial charge in [-0.3, -0.25) is 4.79 Å². The Kier molecular flexibility index (Phi) is 6.01. The van der Waals surface area contributed by atoms with Crippen molar-refractivity contribution in [1.82, 2.24) is 14.4 Å². The second-order valence-electron chi connectivity index (χ2n) is 9.59. The van der Waals surface area contributed by atoms with Crippen LogP contribution >= 0.6 is 11.3 Å². The fraction of sp³-hybridized carbons (Fsp3) is 0.462. The van der Waals surface area contributed by atoms with Crippen LogP contribution in [0, 0.1) is 0 Å². The second kappa shape index (κ2) is 8.95. The molecular formula is C26H31N3O3S. The van der Waals surface area contributed by atoms with Crippen molar-refractivity contribution in [3.05, 3.63) is 46.3 Å². The summed E-state index contributed by atoms with van der Waals surface area (Å²) in [6, 6.07) is 10.2. The van der Waals surface area contributed by atoms with E-state index in [0.29, 0.717) is 23.9 Å². The van der Waals surface area contributed by atoms with Crippen molar-refractivity contribution >= 4 is 33.4 Å². The van der Waals surface area contributed by atoms with Gasteiger partial charge in [0.2, 0.25) is 5.91 Å². The number of thiophene rings is 1. The molecule has 0 saturated heterocycles. The monoisotopic (exact) mass is 465 g/mol. The van der Waals surface area contributed by atoms with E-state index in [4.69, 9.17) is 0 Å². The predicted octanol–water partition coefficient (Wildman–Crippen LogP) is 5.02. The highest BCUT2D eigenvalue weighted by molar-refractivity contribution is 7.21. The van der Waals surface area contributed by atoms with Crippen LogP contribution < -0.4 is 0 Å². The predicted molar refractivity (Wildman–Crippen MR) is 132 cm³/mol. The van der Waals surface area contributed by atoms with E-state index in [1.54, 1.807) is 6.07 Å². The number of aromatic carboxylic acids is 1. The minimum Gasteiger partial charge on any atom is -0.477 e. The molecule has 0 radical (unpaired) electrons. The normalized spacial score (nSPS) is 17.2. The average molecular weight is 466 g/mol. The number of benzene rings is 1. The number of carboxylic acid groups (broad SMARTS) is 1. The van der Waals surface area contributed by atoms with Crippen LogP contribution in [-0.2, 0) is 17.9 Å². The zero-order valence-electron chi connectivity index (χ0n) is 19.3. The highest BCUT2D eigenvalue weighted by atomic mass is 32.1. The second-order valence-corrected chi connectivity index (χ2v) is 10.6. The minimum atomic E-state index is -0.898. The quantitative estimate of drug-likeness (QED) is 0.575. The summed E-state index contributed by atoms with van der Waals surface area (Å²) in [5.41, 5.74) is 5.64. The third-order valence-corrected chi connectivity index (χ3v) is 8.24. The Morgan fingerprint density at radius 3 is 2.64 bits per heavy atom. The van der Waals surface area contributed by atoms with Crippen molar-refractivity contribution in [2.24, 2.45) is 0 Å². The number of carbonyl (C=O) groups is 2. The van der Waals surface area contributed by atoms with Crippen LogP contribution in [-0.4, -0.2) is 58.5 Å². The van der Waals surface area contributed by atoms with Crippen LogP contribution in [0.25, 0.3) is 21.5 Å². The molecule has 0 atom stereocenters. The molecule has 33 heavy (non-hydrogen) atoms. The molecule has 0 spiro atoms. The van der Waals surface area contributed by atoms with Crippen LogP contribution in [0.2, 0.25) is 0 Å². The van der Waals surface area contributed by atoms with Gasteiger partial charge < -0.3 is 19.5 Å². The molecular weight excluding hydrogens is 434 g/mol. The van der Waals surface area contributed by atoms with Crippen LogP contribution in [0.4, 0.5) is 0 Å². The minimum absolute atomic E-state index is 0.0859. The van der Waals surface area contributed by atoms with Gasteiger partial charge in [-0.1, -0.05) is 43.5 Å². The molecule has 1 saturated carbocycles. The van der Waals surface area contributed by atoms with Gasteiger partial charge >= 0.3 is 5.97 Å². The van der Waals surface area contributed by atoms with Gasteiger partial charge in [0.15, 0.2) is 0 Å². The summed E-state index contributed by atoms with van der Waals surface area (Å²) in [5, 5.41) is 9.71. The Hall–Kier alpha value is -2.64. The van der Waals surface area contributed by atoms with Gasteiger partial charge in [-0.05, 0) is 50.0 Å². The summed E-state index contributed by atoms with van der Waals surface area (Å²) in [6.07, 6.45) is 5.91. The molecule has 2 aliphatic rings. The van der Waals surface area contributed by atoms with Gasteiger partial charge in [0.05, 0.1) is 15.9 Å². The summed E-state index contributed by atoms with van der Waals surface area (Å²) in [4.78, 5) is 29.7. The zero-order valence-corrected chi connectivity index (χ0v) is 20.2. The third-order valence-electron chi connectivity index (χ3n) is 7.09. The topological polar surface area (TPSA) is 65.8 Å². The van der Waals surface area contributed by atoms with Crippen LogP contribution in [0.3, 0.4) is 0 Å². The molecule has 1 aromatic carbocycles. The first-order chi connectivity index (χ1) is 15.9.